The topological polar surface area (TPSA) is 80.0 Å². The number of methoxy groups -OCH3 is 1. The number of ether oxygens (including phenoxy) is 1. The fourth-order valence-electron chi connectivity index (χ4n) is 3.46. The molecule has 0 aromatic heterocycles. The number of guanidine groups is 1. The van der Waals surface area contributed by atoms with E-state index in [2.05, 4.69) is 22.3 Å². The summed E-state index contributed by atoms with van der Waals surface area (Å²) in [5.41, 5.74) is 2.23. The Balaban J connectivity index is 0.00000300. The molecule has 0 aliphatic carbocycles. The highest BCUT2D eigenvalue weighted by Crippen LogP contribution is 2.28. The van der Waals surface area contributed by atoms with Gasteiger partial charge in [0.05, 0.1) is 18.6 Å². The van der Waals surface area contributed by atoms with Gasteiger partial charge < -0.3 is 15.0 Å². The van der Waals surface area contributed by atoms with Gasteiger partial charge >= 0.3 is 0 Å². The predicted octanol–water partition coefficient (Wildman–Crippen LogP) is 4.18. The number of nitro groups is 1. The van der Waals surface area contributed by atoms with Crippen LogP contribution in [0.3, 0.4) is 0 Å². The van der Waals surface area contributed by atoms with Crippen LogP contribution in [-0.2, 0) is 6.54 Å². The first-order chi connectivity index (χ1) is 13.6. The van der Waals surface area contributed by atoms with Crippen LogP contribution in [0.2, 0.25) is 0 Å². The van der Waals surface area contributed by atoms with Crippen LogP contribution in [0.4, 0.5) is 5.69 Å². The van der Waals surface area contributed by atoms with Gasteiger partial charge in [0, 0.05) is 37.7 Å². The van der Waals surface area contributed by atoms with Gasteiger partial charge in [-0.3, -0.25) is 10.1 Å². The SMILES string of the molecule is CCNC(=NCc1cccc([N+](=O)[O-])c1)N1CCC(c2ccc(OC)cc2)C1.I. The van der Waals surface area contributed by atoms with Crippen molar-refractivity contribution in [2.45, 2.75) is 25.8 Å². The third-order valence-electron chi connectivity index (χ3n) is 4.94. The average molecular weight is 510 g/mol. The van der Waals surface area contributed by atoms with Crippen LogP contribution in [0.5, 0.6) is 5.75 Å². The zero-order chi connectivity index (χ0) is 19.9. The fraction of sp³-hybridized carbons (Fsp3) is 0.381. The Bertz CT molecular complexity index is 842. The first-order valence-electron chi connectivity index (χ1n) is 9.51. The lowest BCUT2D eigenvalue weighted by molar-refractivity contribution is -0.384. The third kappa shape index (κ3) is 6.06. The minimum Gasteiger partial charge on any atom is -0.497 e. The zero-order valence-electron chi connectivity index (χ0n) is 16.7. The van der Waals surface area contributed by atoms with Crippen molar-refractivity contribution >= 4 is 35.6 Å². The van der Waals surface area contributed by atoms with Gasteiger partial charge in [-0.25, -0.2) is 4.99 Å². The van der Waals surface area contributed by atoms with Crippen LogP contribution in [0.15, 0.2) is 53.5 Å². The molecule has 0 amide bonds. The Hall–Kier alpha value is -2.36. The summed E-state index contributed by atoms with van der Waals surface area (Å²) >= 11 is 0. The molecular formula is C21H27IN4O3. The molecule has 3 rings (SSSR count). The first-order valence-corrected chi connectivity index (χ1v) is 9.51. The number of rotatable bonds is 6. The van der Waals surface area contributed by atoms with E-state index in [9.17, 15) is 10.1 Å². The number of hydrogen-bond donors (Lipinski definition) is 1. The second-order valence-corrected chi connectivity index (χ2v) is 6.80. The van der Waals surface area contributed by atoms with Crippen LogP contribution >= 0.6 is 24.0 Å². The van der Waals surface area contributed by atoms with E-state index in [1.807, 2.05) is 25.1 Å². The number of likely N-dealkylation sites (tertiary alicyclic amines) is 1. The van der Waals surface area contributed by atoms with Gasteiger partial charge in [-0.2, -0.15) is 0 Å². The van der Waals surface area contributed by atoms with Crippen molar-refractivity contribution in [3.05, 3.63) is 69.8 Å². The normalized spacial score (nSPS) is 16.3. The Morgan fingerprint density at radius 3 is 2.72 bits per heavy atom. The van der Waals surface area contributed by atoms with Gasteiger partial charge in [-0.1, -0.05) is 24.3 Å². The highest BCUT2D eigenvalue weighted by Gasteiger charge is 2.26. The van der Waals surface area contributed by atoms with E-state index < -0.39 is 0 Å². The number of nitrogens with one attached hydrogen (secondary N) is 1. The molecule has 1 aliphatic heterocycles. The third-order valence-corrected chi connectivity index (χ3v) is 4.94. The molecule has 1 heterocycles. The first kappa shape index (κ1) is 22.9. The molecule has 2 aromatic rings. The van der Waals surface area contributed by atoms with Crippen LogP contribution < -0.4 is 10.1 Å². The molecule has 0 saturated carbocycles. The molecule has 2 aromatic carbocycles. The number of non-ortho nitro benzene ring substituents is 1. The largest absolute Gasteiger partial charge is 0.497 e. The minimum atomic E-state index is -0.377. The monoisotopic (exact) mass is 510 g/mol. The quantitative estimate of drug-likeness (QED) is 0.208. The summed E-state index contributed by atoms with van der Waals surface area (Å²) in [6.07, 6.45) is 1.06. The van der Waals surface area contributed by atoms with Gasteiger partial charge in [-0.05, 0) is 36.6 Å². The fourth-order valence-corrected chi connectivity index (χ4v) is 3.46. The van der Waals surface area contributed by atoms with Crippen molar-refractivity contribution in [3.63, 3.8) is 0 Å². The molecule has 1 atom stereocenters. The highest BCUT2D eigenvalue weighted by molar-refractivity contribution is 14.0. The van der Waals surface area contributed by atoms with Gasteiger partial charge in [0.25, 0.3) is 5.69 Å². The zero-order valence-corrected chi connectivity index (χ0v) is 19.0. The Morgan fingerprint density at radius 1 is 1.31 bits per heavy atom. The van der Waals surface area contributed by atoms with Gasteiger partial charge in [0.2, 0.25) is 0 Å². The average Bonchev–Trinajstić information content (AvgIpc) is 3.21. The summed E-state index contributed by atoms with van der Waals surface area (Å²) in [4.78, 5) is 17.5. The molecule has 0 bridgehead atoms. The number of aliphatic imine (C=N–C) groups is 1. The van der Waals surface area contributed by atoms with Crippen LogP contribution in [0.25, 0.3) is 0 Å². The van der Waals surface area contributed by atoms with E-state index in [0.717, 1.165) is 43.3 Å². The number of nitro benzene ring substituents is 1. The number of nitrogens with zero attached hydrogens (tertiary/aromatic N) is 3. The van der Waals surface area contributed by atoms with Gasteiger partial charge in [0.15, 0.2) is 5.96 Å². The van der Waals surface area contributed by atoms with E-state index >= 15 is 0 Å². The van der Waals surface area contributed by atoms with E-state index in [1.54, 1.807) is 19.2 Å². The highest BCUT2D eigenvalue weighted by atomic mass is 127. The molecule has 1 unspecified atom stereocenters. The van der Waals surface area contributed by atoms with Crippen molar-refractivity contribution in [2.24, 2.45) is 4.99 Å². The lowest BCUT2D eigenvalue weighted by Gasteiger charge is -2.22. The minimum absolute atomic E-state index is 0. The van der Waals surface area contributed by atoms with E-state index in [0.29, 0.717) is 12.5 Å². The summed E-state index contributed by atoms with van der Waals surface area (Å²) < 4.78 is 5.24. The lowest BCUT2D eigenvalue weighted by Crippen LogP contribution is -2.40. The maximum Gasteiger partial charge on any atom is 0.269 e. The van der Waals surface area contributed by atoms with Crippen molar-refractivity contribution in [1.82, 2.24) is 10.2 Å². The van der Waals surface area contributed by atoms with Crippen molar-refractivity contribution in [1.29, 1.82) is 0 Å². The molecule has 0 radical (unpaired) electrons. The molecule has 29 heavy (non-hydrogen) atoms. The van der Waals surface area contributed by atoms with E-state index in [1.165, 1.54) is 11.6 Å². The number of benzene rings is 2. The summed E-state index contributed by atoms with van der Waals surface area (Å²) in [7, 11) is 1.67. The maximum atomic E-state index is 11.0. The number of halogens is 1. The molecule has 0 spiro atoms. The van der Waals surface area contributed by atoms with Crippen molar-refractivity contribution in [3.8, 4) is 5.75 Å². The molecule has 156 valence electrons. The van der Waals surface area contributed by atoms with E-state index in [-0.39, 0.29) is 34.6 Å². The van der Waals surface area contributed by atoms with Gasteiger partial charge in [0.1, 0.15) is 5.75 Å². The summed E-state index contributed by atoms with van der Waals surface area (Å²) in [5.74, 6) is 2.17. The van der Waals surface area contributed by atoms with E-state index in [4.69, 9.17) is 9.73 Å². The Labute approximate surface area is 188 Å². The summed E-state index contributed by atoms with van der Waals surface area (Å²) in [6.45, 7) is 5.05. The molecule has 1 saturated heterocycles. The molecule has 8 heteroatoms. The number of hydrogen-bond acceptors (Lipinski definition) is 4. The van der Waals surface area contributed by atoms with Crippen molar-refractivity contribution in [2.75, 3.05) is 26.7 Å². The molecule has 1 fully saturated rings. The Kier molecular flexibility index (Phi) is 8.69. The lowest BCUT2D eigenvalue weighted by atomic mass is 9.98. The molecule has 7 nitrogen and oxygen atoms in total. The smallest absolute Gasteiger partial charge is 0.269 e. The molecule has 1 aliphatic rings. The predicted molar refractivity (Wildman–Crippen MR) is 125 cm³/mol. The van der Waals surface area contributed by atoms with Crippen LogP contribution in [-0.4, -0.2) is 42.5 Å². The van der Waals surface area contributed by atoms with Crippen molar-refractivity contribution < 1.29 is 9.66 Å². The summed E-state index contributed by atoms with van der Waals surface area (Å²) in [6, 6.07) is 14.9. The van der Waals surface area contributed by atoms with Gasteiger partial charge in [-0.15, -0.1) is 24.0 Å². The Morgan fingerprint density at radius 2 is 2.07 bits per heavy atom. The second kappa shape index (κ2) is 11.0. The molecule has 1 N–H and O–H groups in total. The van der Waals surface area contributed by atoms with Crippen LogP contribution in [0, 0.1) is 10.1 Å². The second-order valence-electron chi connectivity index (χ2n) is 6.80. The molecular weight excluding hydrogens is 483 g/mol. The van der Waals surface area contributed by atoms with Crippen LogP contribution in [0.1, 0.15) is 30.4 Å². The summed E-state index contributed by atoms with van der Waals surface area (Å²) in [5, 5.41) is 14.3. The standard InChI is InChI=1S/C21H26N4O3.HI/c1-3-22-21(23-14-16-5-4-6-19(13-16)25(26)27)24-12-11-18(15-24)17-7-9-20(28-2)10-8-17;/h4-10,13,18H,3,11-12,14-15H2,1-2H3,(H,22,23);1H. The maximum absolute atomic E-state index is 11.0.